The van der Waals surface area contributed by atoms with Crippen LogP contribution in [0.5, 0.6) is 5.75 Å². The number of benzene rings is 2. The first-order valence-corrected chi connectivity index (χ1v) is 9.29. The number of anilines is 3. The minimum Gasteiger partial charge on any atom is -0.493 e. The predicted molar refractivity (Wildman–Crippen MR) is 117 cm³/mol. The number of H-pyrrole nitrogens is 1. The van der Waals surface area contributed by atoms with Crippen LogP contribution in [0.25, 0.3) is 22.5 Å². The third-order valence-corrected chi connectivity index (χ3v) is 4.42. The maximum Gasteiger partial charge on any atom is 0.337 e. The minimum atomic E-state index is -1.17. The number of carboxylic acids is 1. The SMILES string of the molecule is CCOc1cc(-c2ccc(NC(C)=O)c(C(=O)O)c2)ccc1-c1nc(N)c(N)c(=O)[nH]1. The van der Waals surface area contributed by atoms with Gasteiger partial charge in [0, 0.05) is 6.92 Å². The van der Waals surface area contributed by atoms with Gasteiger partial charge in [-0.2, -0.15) is 0 Å². The van der Waals surface area contributed by atoms with Gasteiger partial charge in [0.05, 0.1) is 23.4 Å². The van der Waals surface area contributed by atoms with E-state index in [0.717, 1.165) is 0 Å². The smallest absolute Gasteiger partial charge is 0.337 e. The maximum atomic E-state index is 12.0. The Bertz CT molecular complexity index is 1240. The lowest BCUT2D eigenvalue weighted by atomic mass is 9.99. The van der Waals surface area contributed by atoms with Gasteiger partial charge in [0.2, 0.25) is 5.91 Å². The molecule has 0 fully saturated rings. The number of rotatable bonds is 6. The van der Waals surface area contributed by atoms with Gasteiger partial charge in [-0.05, 0) is 42.3 Å². The molecule has 0 atom stereocenters. The van der Waals surface area contributed by atoms with E-state index >= 15 is 0 Å². The lowest BCUT2D eigenvalue weighted by molar-refractivity contribution is -0.114. The molecule has 0 spiro atoms. The van der Waals surface area contributed by atoms with Gasteiger partial charge in [-0.25, -0.2) is 9.78 Å². The number of hydrogen-bond donors (Lipinski definition) is 5. The lowest BCUT2D eigenvalue weighted by Gasteiger charge is -2.14. The Morgan fingerprint density at radius 2 is 1.84 bits per heavy atom. The molecule has 3 aromatic rings. The van der Waals surface area contributed by atoms with Crippen molar-refractivity contribution >= 4 is 29.1 Å². The van der Waals surface area contributed by atoms with Gasteiger partial charge in [-0.15, -0.1) is 0 Å². The highest BCUT2D eigenvalue weighted by molar-refractivity contribution is 6.01. The number of nitrogen functional groups attached to an aromatic ring is 2. The topological polar surface area (TPSA) is 173 Å². The van der Waals surface area contributed by atoms with E-state index in [-0.39, 0.29) is 34.5 Å². The first-order chi connectivity index (χ1) is 14.7. The Morgan fingerprint density at radius 3 is 2.45 bits per heavy atom. The fraction of sp³-hybridized carbons (Fsp3) is 0.143. The van der Waals surface area contributed by atoms with Crippen molar-refractivity contribution in [1.82, 2.24) is 9.97 Å². The minimum absolute atomic E-state index is 0.0490. The Kier molecular flexibility index (Phi) is 5.91. The summed E-state index contributed by atoms with van der Waals surface area (Å²) in [6.45, 7) is 3.44. The molecule has 0 saturated carbocycles. The number of nitrogens with zero attached hydrogens (tertiary/aromatic N) is 1. The van der Waals surface area contributed by atoms with Gasteiger partial charge >= 0.3 is 5.97 Å². The van der Waals surface area contributed by atoms with Crippen LogP contribution in [0.2, 0.25) is 0 Å². The van der Waals surface area contributed by atoms with Gasteiger partial charge in [0.25, 0.3) is 5.56 Å². The number of carboxylic acid groups (broad SMARTS) is 1. The molecule has 0 aliphatic heterocycles. The van der Waals surface area contributed by atoms with E-state index in [9.17, 15) is 19.5 Å². The third kappa shape index (κ3) is 4.47. The summed E-state index contributed by atoms with van der Waals surface area (Å²) in [5, 5.41) is 12.0. The molecule has 7 N–H and O–H groups in total. The second kappa shape index (κ2) is 8.57. The van der Waals surface area contributed by atoms with Crippen LogP contribution in [0.3, 0.4) is 0 Å². The fourth-order valence-electron chi connectivity index (χ4n) is 3.00. The molecule has 1 amide bonds. The number of aromatic carboxylic acids is 1. The van der Waals surface area contributed by atoms with Crippen LogP contribution in [0.4, 0.5) is 17.2 Å². The number of carbonyl (C=O) groups excluding carboxylic acids is 1. The summed E-state index contributed by atoms with van der Waals surface area (Å²) >= 11 is 0. The number of hydrogen-bond acceptors (Lipinski definition) is 7. The highest BCUT2D eigenvalue weighted by Gasteiger charge is 2.16. The molecule has 10 nitrogen and oxygen atoms in total. The summed E-state index contributed by atoms with van der Waals surface area (Å²) in [4.78, 5) is 41.6. The summed E-state index contributed by atoms with van der Waals surface area (Å²) in [7, 11) is 0. The molecule has 1 heterocycles. The summed E-state index contributed by atoms with van der Waals surface area (Å²) in [5.41, 5.74) is 12.5. The van der Waals surface area contributed by atoms with Crippen LogP contribution in [-0.4, -0.2) is 33.6 Å². The normalized spacial score (nSPS) is 10.5. The summed E-state index contributed by atoms with van der Waals surface area (Å²) in [5.74, 6) is -1.03. The number of nitrogens with two attached hydrogens (primary N) is 2. The van der Waals surface area contributed by atoms with Crippen LogP contribution in [0.15, 0.2) is 41.2 Å². The van der Waals surface area contributed by atoms with E-state index in [1.165, 1.54) is 19.1 Å². The van der Waals surface area contributed by atoms with Crippen molar-refractivity contribution in [3.8, 4) is 28.3 Å². The van der Waals surface area contributed by atoms with Gasteiger partial charge in [0.15, 0.2) is 5.82 Å². The Hall–Kier alpha value is -4.34. The van der Waals surface area contributed by atoms with E-state index in [2.05, 4.69) is 15.3 Å². The zero-order valence-corrected chi connectivity index (χ0v) is 16.9. The number of ether oxygens (including phenoxy) is 1. The maximum absolute atomic E-state index is 12.0. The molecule has 0 bridgehead atoms. The number of carbonyl (C=O) groups is 2. The zero-order chi connectivity index (χ0) is 22.7. The van der Waals surface area contributed by atoms with E-state index < -0.39 is 11.5 Å². The second-order valence-corrected chi connectivity index (χ2v) is 6.60. The molecule has 0 radical (unpaired) electrons. The predicted octanol–water partition coefficient (Wildman–Crippen LogP) is 2.32. The summed E-state index contributed by atoms with van der Waals surface area (Å²) < 4.78 is 5.71. The van der Waals surface area contributed by atoms with Gasteiger partial charge in [0.1, 0.15) is 17.3 Å². The Labute approximate surface area is 176 Å². The van der Waals surface area contributed by atoms with E-state index in [4.69, 9.17) is 16.2 Å². The summed E-state index contributed by atoms with van der Waals surface area (Å²) in [6.07, 6.45) is 0. The van der Waals surface area contributed by atoms with Crippen molar-refractivity contribution in [1.29, 1.82) is 0 Å². The molecular formula is C21H21N5O5. The first kappa shape index (κ1) is 21.4. The van der Waals surface area contributed by atoms with E-state index in [0.29, 0.717) is 29.0 Å². The molecule has 0 unspecified atom stereocenters. The van der Waals surface area contributed by atoms with Crippen LogP contribution in [0, 0.1) is 0 Å². The first-order valence-electron chi connectivity index (χ1n) is 9.29. The van der Waals surface area contributed by atoms with Crippen molar-refractivity contribution < 1.29 is 19.4 Å². The van der Waals surface area contributed by atoms with E-state index in [1.54, 1.807) is 31.2 Å². The van der Waals surface area contributed by atoms with Crippen molar-refractivity contribution in [3.05, 3.63) is 52.3 Å². The number of amides is 1. The lowest BCUT2D eigenvalue weighted by Crippen LogP contribution is -2.17. The molecule has 3 rings (SSSR count). The third-order valence-electron chi connectivity index (χ3n) is 4.42. The van der Waals surface area contributed by atoms with Gasteiger partial charge in [-0.1, -0.05) is 12.1 Å². The largest absolute Gasteiger partial charge is 0.493 e. The molecule has 2 aromatic carbocycles. The second-order valence-electron chi connectivity index (χ2n) is 6.60. The molecule has 10 heteroatoms. The van der Waals surface area contributed by atoms with Crippen LogP contribution >= 0.6 is 0 Å². The zero-order valence-electron chi connectivity index (χ0n) is 16.9. The van der Waals surface area contributed by atoms with Crippen LogP contribution in [0.1, 0.15) is 24.2 Å². The Balaban J connectivity index is 2.11. The molecule has 0 aliphatic carbocycles. The monoisotopic (exact) mass is 423 g/mol. The molecular weight excluding hydrogens is 402 g/mol. The Morgan fingerprint density at radius 1 is 1.16 bits per heavy atom. The quantitative estimate of drug-likeness (QED) is 0.401. The average molecular weight is 423 g/mol. The summed E-state index contributed by atoms with van der Waals surface area (Å²) in [6, 6.07) is 9.77. The molecule has 0 aliphatic rings. The highest BCUT2D eigenvalue weighted by Crippen LogP contribution is 2.34. The van der Waals surface area contributed by atoms with Gasteiger partial charge in [-0.3, -0.25) is 9.59 Å². The molecule has 0 saturated heterocycles. The highest BCUT2D eigenvalue weighted by atomic mass is 16.5. The van der Waals surface area contributed by atoms with Gasteiger partial charge < -0.3 is 31.6 Å². The van der Waals surface area contributed by atoms with Crippen molar-refractivity contribution in [2.45, 2.75) is 13.8 Å². The standard InChI is InChI=1S/C21H21N5O5/c1-3-31-16-9-12(4-6-13(16)19-25-18(23)17(22)20(28)26-19)11-5-7-15(24-10(2)27)14(8-11)21(29)30/h4-9H,3,22H2,1-2H3,(H,24,27)(H,29,30)(H3,23,25,26,28). The van der Waals surface area contributed by atoms with E-state index in [1.807, 2.05) is 0 Å². The molecule has 160 valence electrons. The van der Waals surface area contributed by atoms with Crippen LogP contribution in [-0.2, 0) is 4.79 Å². The van der Waals surface area contributed by atoms with Crippen LogP contribution < -0.4 is 27.1 Å². The van der Waals surface area contributed by atoms with Crippen molar-refractivity contribution in [3.63, 3.8) is 0 Å². The molecule has 31 heavy (non-hydrogen) atoms. The number of aromatic nitrogens is 2. The molecule has 1 aromatic heterocycles. The van der Waals surface area contributed by atoms with Crippen molar-refractivity contribution in [2.75, 3.05) is 23.4 Å². The fourth-order valence-corrected chi connectivity index (χ4v) is 3.00. The van der Waals surface area contributed by atoms with Crippen molar-refractivity contribution in [2.24, 2.45) is 0 Å². The average Bonchev–Trinajstić information content (AvgIpc) is 2.71. The number of aromatic amines is 1. The number of nitrogens with one attached hydrogen (secondary N) is 2.